The third kappa shape index (κ3) is 6.72. The molecule has 82 valence electrons. The van der Waals surface area contributed by atoms with Crippen LogP contribution in [0.2, 0.25) is 0 Å². The highest BCUT2D eigenvalue weighted by Gasteiger charge is 1.96. The quantitative estimate of drug-likeness (QED) is 0.505. The summed E-state index contributed by atoms with van der Waals surface area (Å²) in [5.41, 5.74) is 6.69. The Morgan fingerprint density at radius 1 is 1.29 bits per heavy atom. The molecular weight excluding hydrogens is 172 g/mol. The van der Waals surface area contributed by atoms with Gasteiger partial charge in [-0.25, -0.2) is 0 Å². The largest absolute Gasteiger partial charge is 0.404 e. The van der Waals surface area contributed by atoms with Crippen molar-refractivity contribution in [2.75, 3.05) is 13.1 Å². The SMILES string of the molecule is CC(C)CNC/C=C\C(=C/N)C(C)C. The number of nitrogens with two attached hydrogens (primary N) is 1. The van der Waals surface area contributed by atoms with Crippen LogP contribution >= 0.6 is 0 Å². The molecule has 0 bridgehead atoms. The van der Waals surface area contributed by atoms with Crippen molar-refractivity contribution in [3.8, 4) is 0 Å². The fourth-order valence-electron chi connectivity index (χ4n) is 1.09. The van der Waals surface area contributed by atoms with Gasteiger partial charge in [0.25, 0.3) is 0 Å². The smallest absolute Gasteiger partial charge is 0.0138 e. The molecule has 0 aromatic rings. The van der Waals surface area contributed by atoms with Gasteiger partial charge in [-0.1, -0.05) is 39.8 Å². The summed E-state index contributed by atoms with van der Waals surface area (Å²) < 4.78 is 0. The van der Waals surface area contributed by atoms with Gasteiger partial charge in [-0.15, -0.1) is 0 Å². The maximum absolute atomic E-state index is 5.50. The zero-order valence-electron chi connectivity index (χ0n) is 9.88. The average Bonchev–Trinajstić information content (AvgIpc) is 2.10. The third-order valence-corrected chi connectivity index (χ3v) is 1.98. The monoisotopic (exact) mass is 196 g/mol. The molecule has 0 aliphatic rings. The van der Waals surface area contributed by atoms with E-state index in [-0.39, 0.29) is 0 Å². The molecular formula is C12H24N2. The second-order valence-electron chi connectivity index (χ2n) is 4.28. The van der Waals surface area contributed by atoms with Crippen molar-refractivity contribution in [2.24, 2.45) is 17.6 Å². The zero-order valence-corrected chi connectivity index (χ0v) is 9.88. The van der Waals surface area contributed by atoms with Gasteiger partial charge in [0.1, 0.15) is 0 Å². The molecule has 0 heterocycles. The maximum atomic E-state index is 5.50. The minimum Gasteiger partial charge on any atom is -0.404 e. The lowest BCUT2D eigenvalue weighted by Gasteiger charge is -2.06. The van der Waals surface area contributed by atoms with Gasteiger partial charge in [-0.3, -0.25) is 0 Å². The summed E-state index contributed by atoms with van der Waals surface area (Å²) in [6.45, 7) is 10.7. The lowest BCUT2D eigenvalue weighted by atomic mass is 10.0. The first-order valence-electron chi connectivity index (χ1n) is 5.37. The summed E-state index contributed by atoms with van der Waals surface area (Å²) in [5, 5.41) is 3.35. The molecule has 0 amide bonds. The van der Waals surface area contributed by atoms with Gasteiger partial charge in [0, 0.05) is 6.54 Å². The molecule has 0 aromatic carbocycles. The van der Waals surface area contributed by atoms with E-state index in [1.807, 2.05) is 0 Å². The van der Waals surface area contributed by atoms with Crippen LogP contribution in [0.3, 0.4) is 0 Å². The molecule has 0 rings (SSSR count). The van der Waals surface area contributed by atoms with E-state index in [2.05, 4.69) is 45.2 Å². The van der Waals surface area contributed by atoms with Gasteiger partial charge >= 0.3 is 0 Å². The fraction of sp³-hybridized carbons (Fsp3) is 0.667. The first-order valence-corrected chi connectivity index (χ1v) is 5.37. The van der Waals surface area contributed by atoms with E-state index >= 15 is 0 Å². The molecule has 2 nitrogen and oxygen atoms in total. The van der Waals surface area contributed by atoms with Crippen molar-refractivity contribution >= 4 is 0 Å². The number of hydrogen-bond acceptors (Lipinski definition) is 2. The highest BCUT2D eigenvalue weighted by molar-refractivity contribution is 5.19. The van der Waals surface area contributed by atoms with Gasteiger partial charge in [0.15, 0.2) is 0 Å². The Hall–Kier alpha value is -0.760. The van der Waals surface area contributed by atoms with Crippen LogP contribution in [0.25, 0.3) is 0 Å². The van der Waals surface area contributed by atoms with E-state index in [4.69, 9.17) is 5.73 Å². The predicted molar refractivity (Wildman–Crippen MR) is 64.0 cm³/mol. The summed E-state index contributed by atoms with van der Waals surface area (Å²) in [6.07, 6.45) is 5.91. The van der Waals surface area contributed by atoms with Crippen molar-refractivity contribution in [1.29, 1.82) is 0 Å². The van der Waals surface area contributed by atoms with Crippen LogP contribution in [-0.2, 0) is 0 Å². The average molecular weight is 196 g/mol. The second-order valence-corrected chi connectivity index (χ2v) is 4.28. The summed E-state index contributed by atoms with van der Waals surface area (Å²) in [7, 11) is 0. The molecule has 0 aliphatic heterocycles. The van der Waals surface area contributed by atoms with Crippen LogP contribution in [0, 0.1) is 11.8 Å². The topological polar surface area (TPSA) is 38.0 Å². The Morgan fingerprint density at radius 3 is 2.36 bits per heavy atom. The maximum Gasteiger partial charge on any atom is 0.0138 e. The molecule has 14 heavy (non-hydrogen) atoms. The van der Waals surface area contributed by atoms with Crippen molar-refractivity contribution in [3.05, 3.63) is 23.9 Å². The van der Waals surface area contributed by atoms with Crippen molar-refractivity contribution in [1.82, 2.24) is 5.32 Å². The Morgan fingerprint density at radius 2 is 1.93 bits per heavy atom. The number of hydrogen-bond donors (Lipinski definition) is 2. The Bertz CT molecular complexity index is 190. The third-order valence-electron chi connectivity index (χ3n) is 1.98. The molecule has 3 N–H and O–H groups in total. The number of allylic oxidation sites excluding steroid dienone is 2. The first kappa shape index (κ1) is 13.2. The van der Waals surface area contributed by atoms with Gasteiger partial charge in [-0.05, 0) is 30.2 Å². The lowest BCUT2D eigenvalue weighted by molar-refractivity contribution is 0.577. The Labute approximate surface area is 88.3 Å². The molecule has 2 heteroatoms. The van der Waals surface area contributed by atoms with E-state index in [9.17, 15) is 0 Å². The molecule has 0 unspecified atom stereocenters. The molecule has 0 atom stereocenters. The van der Waals surface area contributed by atoms with Crippen LogP contribution in [0.15, 0.2) is 23.9 Å². The normalized spacial score (nSPS) is 13.4. The molecule has 0 fully saturated rings. The summed E-state index contributed by atoms with van der Waals surface area (Å²) >= 11 is 0. The van der Waals surface area contributed by atoms with Crippen LogP contribution in [0.4, 0.5) is 0 Å². The van der Waals surface area contributed by atoms with Crippen molar-refractivity contribution in [3.63, 3.8) is 0 Å². The van der Waals surface area contributed by atoms with E-state index < -0.39 is 0 Å². The molecule has 0 spiro atoms. The fourth-order valence-corrected chi connectivity index (χ4v) is 1.09. The van der Waals surface area contributed by atoms with Crippen LogP contribution in [-0.4, -0.2) is 13.1 Å². The van der Waals surface area contributed by atoms with Crippen molar-refractivity contribution < 1.29 is 0 Å². The second kappa shape index (κ2) is 7.63. The molecule has 0 saturated carbocycles. The molecule has 0 aromatic heterocycles. The summed E-state index contributed by atoms with van der Waals surface area (Å²) in [5.74, 6) is 1.21. The Kier molecular flexibility index (Phi) is 7.21. The number of rotatable bonds is 6. The summed E-state index contributed by atoms with van der Waals surface area (Å²) in [4.78, 5) is 0. The highest BCUT2D eigenvalue weighted by Crippen LogP contribution is 2.08. The van der Waals surface area contributed by atoms with Gasteiger partial charge in [0.05, 0.1) is 0 Å². The van der Waals surface area contributed by atoms with E-state index in [0.717, 1.165) is 13.1 Å². The lowest BCUT2D eigenvalue weighted by Crippen LogP contribution is -2.19. The highest BCUT2D eigenvalue weighted by atomic mass is 14.8. The minimum absolute atomic E-state index is 0.501. The minimum atomic E-state index is 0.501. The standard InChI is InChI=1S/C12H24N2/c1-10(2)9-14-7-5-6-12(8-13)11(3)4/h5-6,8,10-11,14H,7,9,13H2,1-4H3/b6-5-,12-8+. The van der Waals surface area contributed by atoms with Crippen LogP contribution in [0.1, 0.15) is 27.7 Å². The molecule has 0 saturated heterocycles. The molecule has 0 aliphatic carbocycles. The van der Waals surface area contributed by atoms with E-state index in [1.54, 1.807) is 6.20 Å². The zero-order chi connectivity index (χ0) is 11.0. The van der Waals surface area contributed by atoms with E-state index in [0.29, 0.717) is 11.8 Å². The van der Waals surface area contributed by atoms with Gasteiger partial charge < -0.3 is 11.1 Å². The number of nitrogens with one attached hydrogen (secondary N) is 1. The van der Waals surface area contributed by atoms with E-state index in [1.165, 1.54) is 5.57 Å². The van der Waals surface area contributed by atoms with Gasteiger partial charge in [-0.2, -0.15) is 0 Å². The predicted octanol–water partition coefficient (Wildman–Crippen LogP) is 2.29. The van der Waals surface area contributed by atoms with Crippen LogP contribution < -0.4 is 11.1 Å². The first-order chi connectivity index (χ1) is 6.57. The Balaban J connectivity index is 3.71. The summed E-state index contributed by atoms with van der Waals surface area (Å²) in [6, 6.07) is 0. The molecule has 0 radical (unpaired) electrons. The van der Waals surface area contributed by atoms with Crippen LogP contribution in [0.5, 0.6) is 0 Å². The van der Waals surface area contributed by atoms with Gasteiger partial charge in [0.2, 0.25) is 0 Å². The van der Waals surface area contributed by atoms with Crippen molar-refractivity contribution in [2.45, 2.75) is 27.7 Å².